The quantitative estimate of drug-likeness (QED) is 0.437. The summed E-state index contributed by atoms with van der Waals surface area (Å²) in [6.45, 7) is 0. The zero-order valence-electron chi connectivity index (χ0n) is 17.8. The fourth-order valence-electron chi connectivity index (χ4n) is 4.74. The molecule has 3 unspecified atom stereocenters. The van der Waals surface area contributed by atoms with Crippen molar-refractivity contribution in [2.24, 2.45) is 0 Å². The number of rotatable bonds is 4. The van der Waals surface area contributed by atoms with E-state index in [1.807, 2.05) is 0 Å². The molecular formula is C23H18F6N4O2. The van der Waals surface area contributed by atoms with Gasteiger partial charge in [0.15, 0.2) is 23.1 Å². The van der Waals surface area contributed by atoms with Crippen LogP contribution in [0.4, 0.5) is 38.0 Å². The lowest BCUT2D eigenvalue weighted by Gasteiger charge is -2.20. The molecule has 1 aromatic carbocycles. The van der Waals surface area contributed by atoms with Crippen LogP contribution in [0.5, 0.6) is 17.2 Å². The van der Waals surface area contributed by atoms with Gasteiger partial charge in [-0.05, 0) is 48.2 Å². The third kappa shape index (κ3) is 4.17. The summed E-state index contributed by atoms with van der Waals surface area (Å²) in [5.41, 5.74) is 11.3. The Bertz CT molecular complexity index is 1290. The van der Waals surface area contributed by atoms with Gasteiger partial charge in [-0.25, -0.2) is 9.97 Å². The fraction of sp³-hybridized carbons (Fsp3) is 0.304. The molecule has 2 aromatic heterocycles. The molecule has 2 heterocycles. The highest BCUT2D eigenvalue weighted by Gasteiger charge is 2.48. The summed E-state index contributed by atoms with van der Waals surface area (Å²) in [4.78, 5) is 7.17. The highest BCUT2D eigenvalue weighted by atomic mass is 19.4. The van der Waals surface area contributed by atoms with Crippen LogP contribution in [-0.2, 0) is 12.4 Å². The number of nitrogens with zero attached hydrogens (tertiary/aromatic N) is 2. The predicted octanol–water partition coefficient (Wildman–Crippen LogP) is 5.89. The molecule has 3 aromatic rings. The summed E-state index contributed by atoms with van der Waals surface area (Å²) in [5.74, 6) is -0.725. The van der Waals surface area contributed by atoms with Crippen molar-refractivity contribution in [2.75, 3.05) is 11.5 Å². The minimum atomic E-state index is -4.61. The van der Waals surface area contributed by atoms with Crippen LogP contribution < -0.4 is 20.9 Å². The van der Waals surface area contributed by atoms with Gasteiger partial charge in [-0.15, -0.1) is 0 Å². The lowest BCUT2D eigenvalue weighted by Crippen LogP contribution is -2.21. The van der Waals surface area contributed by atoms with E-state index >= 15 is 0 Å². The van der Waals surface area contributed by atoms with Gasteiger partial charge >= 0.3 is 12.4 Å². The van der Waals surface area contributed by atoms with E-state index < -0.39 is 29.6 Å². The minimum absolute atomic E-state index is 0.0849. The number of anilines is 2. The molecule has 6 nitrogen and oxygen atoms in total. The number of alkyl halides is 6. The zero-order valence-corrected chi connectivity index (χ0v) is 17.8. The summed E-state index contributed by atoms with van der Waals surface area (Å²) in [6.07, 6.45) is -6.92. The number of pyridine rings is 2. The summed E-state index contributed by atoms with van der Waals surface area (Å²) in [5, 5.41) is 0. The van der Waals surface area contributed by atoms with E-state index in [9.17, 15) is 26.3 Å². The van der Waals surface area contributed by atoms with E-state index in [4.69, 9.17) is 20.9 Å². The number of benzene rings is 1. The maximum absolute atomic E-state index is 13.1. The standard InChI is InChI=1S/C23H18F6N4O2/c24-22(25,26)10-5-17(20(30)32-8-10)34-12-1-2-13-14-3-4-15(16(13)7-12)19(14)35-18-6-11(23(27,28)29)9-33-21(18)31/h1-2,5-9,14-15,19H,3-4H2,(H2,30,32)(H2,31,33). The number of aromatic nitrogens is 2. The molecule has 35 heavy (non-hydrogen) atoms. The molecule has 0 radical (unpaired) electrons. The minimum Gasteiger partial charge on any atom is -0.485 e. The Kier molecular flexibility index (Phi) is 5.22. The van der Waals surface area contributed by atoms with Crippen molar-refractivity contribution >= 4 is 11.6 Å². The highest BCUT2D eigenvalue weighted by molar-refractivity contribution is 5.54. The molecule has 2 aliphatic rings. The molecule has 184 valence electrons. The van der Waals surface area contributed by atoms with Gasteiger partial charge in [0.05, 0.1) is 11.1 Å². The Morgan fingerprint density at radius 2 is 1.29 bits per heavy atom. The van der Waals surface area contributed by atoms with Crippen LogP contribution in [-0.4, -0.2) is 16.1 Å². The van der Waals surface area contributed by atoms with E-state index in [1.165, 1.54) is 0 Å². The number of hydrogen-bond acceptors (Lipinski definition) is 6. The average molecular weight is 496 g/mol. The molecule has 0 amide bonds. The zero-order chi connectivity index (χ0) is 25.1. The Balaban J connectivity index is 1.41. The van der Waals surface area contributed by atoms with E-state index in [0.717, 1.165) is 29.7 Å². The summed E-state index contributed by atoms with van der Waals surface area (Å²) in [7, 11) is 0. The Hall–Kier alpha value is -3.70. The molecule has 1 fully saturated rings. The van der Waals surface area contributed by atoms with Crippen LogP contribution in [0.1, 0.15) is 46.9 Å². The summed E-state index contributed by atoms with van der Waals surface area (Å²) >= 11 is 0. The maximum atomic E-state index is 13.1. The fourth-order valence-corrected chi connectivity index (χ4v) is 4.74. The molecule has 1 saturated carbocycles. The normalized spacial score (nSPS) is 21.1. The first-order valence-corrected chi connectivity index (χ1v) is 10.6. The van der Waals surface area contributed by atoms with Gasteiger partial charge in [-0.3, -0.25) is 0 Å². The van der Waals surface area contributed by atoms with E-state index in [-0.39, 0.29) is 40.7 Å². The van der Waals surface area contributed by atoms with Gasteiger partial charge in [0.1, 0.15) is 11.9 Å². The lowest BCUT2D eigenvalue weighted by atomic mass is 9.92. The molecule has 12 heteroatoms. The van der Waals surface area contributed by atoms with Crippen LogP contribution >= 0.6 is 0 Å². The van der Waals surface area contributed by atoms with E-state index in [1.54, 1.807) is 18.2 Å². The molecule has 3 atom stereocenters. The van der Waals surface area contributed by atoms with Crippen molar-refractivity contribution in [3.8, 4) is 17.2 Å². The van der Waals surface area contributed by atoms with Crippen LogP contribution in [0.25, 0.3) is 0 Å². The van der Waals surface area contributed by atoms with Crippen molar-refractivity contribution in [3.05, 3.63) is 65.0 Å². The summed E-state index contributed by atoms with van der Waals surface area (Å²) < 4.78 is 90.0. The Morgan fingerprint density at radius 3 is 1.89 bits per heavy atom. The van der Waals surface area contributed by atoms with Gasteiger partial charge < -0.3 is 20.9 Å². The second-order valence-corrected chi connectivity index (χ2v) is 8.48. The SMILES string of the molecule is Nc1ncc(C(F)(F)F)cc1Oc1ccc2c(c1)C1CCC2C1Oc1cc(C(F)(F)F)cnc1N. The largest absolute Gasteiger partial charge is 0.485 e. The number of ether oxygens (including phenoxy) is 2. The number of nitrogens with two attached hydrogens (primary N) is 2. The van der Waals surface area contributed by atoms with E-state index in [0.29, 0.717) is 18.8 Å². The smallest absolute Gasteiger partial charge is 0.418 e. The number of halogens is 6. The molecule has 4 N–H and O–H groups in total. The molecular weight excluding hydrogens is 478 g/mol. The van der Waals surface area contributed by atoms with Gasteiger partial charge in [0.2, 0.25) is 0 Å². The second kappa shape index (κ2) is 7.92. The molecule has 5 rings (SSSR count). The Labute approximate surface area is 194 Å². The third-order valence-corrected chi connectivity index (χ3v) is 6.35. The second-order valence-electron chi connectivity index (χ2n) is 8.48. The molecule has 0 spiro atoms. The molecule has 2 bridgehead atoms. The van der Waals surface area contributed by atoms with Gasteiger partial charge in [-0.1, -0.05) is 6.07 Å². The van der Waals surface area contributed by atoms with Gasteiger partial charge in [0, 0.05) is 24.2 Å². The monoisotopic (exact) mass is 496 g/mol. The number of nitrogen functional groups attached to an aromatic ring is 2. The summed E-state index contributed by atoms with van der Waals surface area (Å²) in [6, 6.07) is 6.66. The predicted molar refractivity (Wildman–Crippen MR) is 113 cm³/mol. The van der Waals surface area contributed by atoms with Crippen LogP contribution in [0.3, 0.4) is 0 Å². The Morgan fingerprint density at radius 1 is 0.743 bits per heavy atom. The first-order valence-electron chi connectivity index (χ1n) is 10.6. The van der Waals surface area contributed by atoms with Gasteiger partial charge in [0.25, 0.3) is 0 Å². The van der Waals surface area contributed by atoms with Crippen LogP contribution in [0.15, 0.2) is 42.7 Å². The topological polar surface area (TPSA) is 96.3 Å². The van der Waals surface area contributed by atoms with E-state index in [2.05, 4.69) is 9.97 Å². The first-order chi connectivity index (χ1) is 16.4. The van der Waals surface area contributed by atoms with Crippen molar-refractivity contribution in [3.63, 3.8) is 0 Å². The van der Waals surface area contributed by atoms with Crippen molar-refractivity contribution in [1.29, 1.82) is 0 Å². The number of fused-ring (bicyclic) bond motifs is 5. The van der Waals surface area contributed by atoms with Crippen LogP contribution in [0.2, 0.25) is 0 Å². The maximum Gasteiger partial charge on any atom is 0.418 e. The van der Waals surface area contributed by atoms with Crippen molar-refractivity contribution < 1.29 is 35.8 Å². The van der Waals surface area contributed by atoms with Crippen molar-refractivity contribution in [1.82, 2.24) is 9.97 Å². The van der Waals surface area contributed by atoms with Gasteiger partial charge in [-0.2, -0.15) is 26.3 Å². The van der Waals surface area contributed by atoms with Crippen LogP contribution in [0, 0.1) is 0 Å². The first kappa shape index (κ1) is 23.1. The highest BCUT2D eigenvalue weighted by Crippen LogP contribution is 2.55. The van der Waals surface area contributed by atoms with Crippen molar-refractivity contribution in [2.45, 2.75) is 43.1 Å². The average Bonchev–Trinajstić information content (AvgIpc) is 3.30. The molecule has 0 aliphatic heterocycles. The lowest BCUT2D eigenvalue weighted by molar-refractivity contribution is -0.138. The third-order valence-electron chi connectivity index (χ3n) is 6.35. The molecule has 0 saturated heterocycles. The molecule has 2 aliphatic carbocycles. The number of hydrogen-bond donors (Lipinski definition) is 2.